The summed E-state index contributed by atoms with van der Waals surface area (Å²) in [5.74, 6) is 0.667. The number of carbonyl (C=O) groups is 1. The quantitative estimate of drug-likeness (QED) is 0.677. The molecular formula is C19H19N3O4. The predicted octanol–water partition coefficient (Wildman–Crippen LogP) is 4.06. The molecule has 0 saturated heterocycles. The van der Waals surface area contributed by atoms with E-state index in [4.69, 9.17) is 9.47 Å². The van der Waals surface area contributed by atoms with Gasteiger partial charge in [-0.2, -0.15) is 0 Å². The molecule has 0 aliphatic rings. The van der Waals surface area contributed by atoms with Crippen LogP contribution < -0.4 is 9.47 Å². The number of amides is 1. The standard InChI is InChI=1S/C19H19N3O4/c1-3-22-16-7-5-4-6-15(16)18(19(22)24)21-20-17(23)12-26-14-10-8-13(25-2)9-11-14/h4-11,24H,3,12H2,1-2H3. The number of aromatic hydroxyl groups is 1. The zero-order valence-electron chi connectivity index (χ0n) is 14.5. The fourth-order valence-corrected chi connectivity index (χ4v) is 2.64. The summed E-state index contributed by atoms with van der Waals surface area (Å²) < 4.78 is 12.1. The molecule has 7 nitrogen and oxygen atoms in total. The molecule has 0 fully saturated rings. The highest BCUT2D eigenvalue weighted by Gasteiger charge is 2.15. The Morgan fingerprint density at radius 3 is 2.50 bits per heavy atom. The third-order valence-corrected chi connectivity index (χ3v) is 3.92. The number of hydrogen-bond acceptors (Lipinski definition) is 5. The predicted molar refractivity (Wildman–Crippen MR) is 97.3 cm³/mol. The Morgan fingerprint density at radius 1 is 1.12 bits per heavy atom. The number of para-hydroxylation sites is 1. The topological polar surface area (TPSA) is 85.4 Å². The maximum Gasteiger partial charge on any atom is 0.302 e. The minimum atomic E-state index is -0.548. The fourth-order valence-electron chi connectivity index (χ4n) is 2.64. The number of ether oxygens (including phenoxy) is 2. The second kappa shape index (κ2) is 7.69. The zero-order valence-corrected chi connectivity index (χ0v) is 14.5. The smallest absolute Gasteiger partial charge is 0.302 e. The van der Waals surface area contributed by atoms with E-state index < -0.39 is 5.91 Å². The molecule has 1 heterocycles. The van der Waals surface area contributed by atoms with Crippen LogP contribution in [0.5, 0.6) is 17.4 Å². The number of fused-ring (bicyclic) bond motifs is 1. The lowest BCUT2D eigenvalue weighted by molar-refractivity contribution is -0.120. The number of methoxy groups -OCH3 is 1. The normalized spacial score (nSPS) is 11.2. The van der Waals surface area contributed by atoms with Crippen molar-refractivity contribution in [2.75, 3.05) is 13.7 Å². The molecule has 0 spiro atoms. The molecule has 134 valence electrons. The van der Waals surface area contributed by atoms with Crippen LogP contribution in [-0.4, -0.2) is 29.3 Å². The van der Waals surface area contributed by atoms with Gasteiger partial charge < -0.3 is 19.1 Å². The highest BCUT2D eigenvalue weighted by atomic mass is 16.5. The third kappa shape index (κ3) is 3.51. The first-order valence-corrected chi connectivity index (χ1v) is 8.15. The molecule has 0 saturated carbocycles. The van der Waals surface area contributed by atoms with E-state index in [0.29, 0.717) is 18.0 Å². The van der Waals surface area contributed by atoms with Crippen LogP contribution in [0.25, 0.3) is 10.9 Å². The van der Waals surface area contributed by atoms with E-state index in [1.165, 1.54) is 0 Å². The molecule has 0 aliphatic heterocycles. The largest absolute Gasteiger partial charge is 0.497 e. The zero-order chi connectivity index (χ0) is 18.5. The Hall–Kier alpha value is -3.35. The number of aromatic nitrogens is 1. The van der Waals surface area contributed by atoms with Crippen LogP contribution in [-0.2, 0) is 11.3 Å². The van der Waals surface area contributed by atoms with Crippen molar-refractivity contribution in [1.29, 1.82) is 0 Å². The van der Waals surface area contributed by atoms with Crippen molar-refractivity contribution in [3.8, 4) is 17.4 Å². The summed E-state index contributed by atoms with van der Waals surface area (Å²) in [4.78, 5) is 11.9. The van der Waals surface area contributed by atoms with Gasteiger partial charge in [-0.15, -0.1) is 10.2 Å². The summed E-state index contributed by atoms with van der Waals surface area (Å²) >= 11 is 0. The van der Waals surface area contributed by atoms with Gasteiger partial charge in [-0.1, -0.05) is 18.2 Å². The molecule has 26 heavy (non-hydrogen) atoms. The lowest BCUT2D eigenvalue weighted by Crippen LogP contribution is -2.07. The molecular weight excluding hydrogens is 334 g/mol. The Balaban J connectivity index is 1.72. The van der Waals surface area contributed by atoms with Crippen LogP contribution >= 0.6 is 0 Å². The molecule has 0 bridgehead atoms. The summed E-state index contributed by atoms with van der Waals surface area (Å²) in [7, 11) is 1.57. The highest BCUT2D eigenvalue weighted by Crippen LogP contribution is 2.38. The Bertz CT molecular complexity index is 945. The molecule has 1 aromatic heterocycles. The summed E-state index contributed by atoms with van der Waals surface area (Å²) in [6, 6.07) is 14.3. The van der Waals surface area contributed by atoms with E-state index in [-0.39, 0.29) is 18.2 Å². The van der Waals surface area contributed by atoms with E-state index >= 15 is 0 Å². The number of carbonyl (C=O) groups excluding carboxylic acids is 1. The van der Waals surface area contributed by atoms with E-state index in [0.717, 1.165) is 10.9 Å². The van der Waals surface area contributed by atoms with Gasteiger partial charge in [0.2, 0.25) is 5.88 Å². The summed E-state index contributed by atoms with van der Waals surface area (Å²) in [6.45, 7) is 2.25. The van der Waals surface area contributed by atoms with Crippen molar-refractivity contribution in [3.05, 3.63) is 48.5 Å². The van der Waals surface area contributed by atoms with Gasteiger partial charge in [-0.3, -0.25) is 4.79 Å². The SMILES string of the molecule is CCn1c(O)c(N=NC(=O)COc2ccc(OC)cc2)c2ccccc21. The van der Waals surface area contributed by atoms with E-state index in [9.17, 15) is 9.90 Å². The average molecular weight is 353 g/mol. The van der Waals surface area contributed by atoms with Gasteiger partial charge in [0.15, 0.2) is 12.3 Å². The van der Waals surface area contributed by atoms with Gasteiger partial charge in [0.25, 0.3) is 0 Å². The van der Waals surface area contributed by atoms with Crippen molar-refractivity contribution in [1.82, 2.24) is 4.57 Å². The maximum atomic E-state index is 11.9. The highest BCUT2D eigenvalue weighted by molar-refractivity contribution is 5.95. The molecule has 7 heteroatoms. The molecule has 0 radical (unpaired) electrons. The van der Waals surface area contributed by atoms with Crippen LogP contribution in [0, 0.1) is 0 Å². The van der Waals surface area contributed by atoms with Crippen LogP contribution in [0.3, 0.4) is 0 Å². The first kappa shape index (κ1) is 17.5. The number of nitrogens with zero attached hydrogens (tertiary/aromatic N) is 3. The van der Waals surface area contributed by atoms with Crippen LogP contribution in [0.1, 0.15) is 6.92 Å². The Kier molecular flexibility index (Phi) is 5.17. The lowest BCUT2D eigenvalue weighted by Gasteiger charge is -2.04. The van der Waals surface area contributed by atoms with E-state index in [2.05, 4.69) is 10.2 Å². The van der Waals surface area contributed by atoms with Crippen molar-refractivity contribution < 1.29 is 19.4 Å². The molecule has 3 rings (SSSR count). The number of rotatable bonds is 6. The van der Waals surface area contributed by atoms with Crippen LogP contribution in [0.2, 0.25) is 0 Å². The second-order valence-corrected chi connectivity index (χ2v) is 5.49. The summed E-state index contributed by atoms with van der Waals surface area (Å²) in [6.07, 6.45) is 0. The number of benzene rings is 2. The summed E-state index contributed by atoms with van der Waals surface area (Å²) in [5.41, 5.74) is 1.11. The van der Waals surface area contributed by atoms with Gasteiger partial charge >= 0.3 is 5.91 Å². The molecule has 0 aliphatic carbocycles. The average Bonchev–Trinajstić information content (AvgIpc) is 2.95. The molecule has 0 unspecified atom stereocenters. The molecule has 0 atom stereocenters. The Labute approximate surface area is 150 Å². The maximum absolute atomic E-state index is 11.9. The van der Waals surface area contributed by atoms with Crippen molar-refractivity contribution in [2.24, 2.45) is 10.2 Å². The minimum absolute atomic E-state index is 0.0127. The third-order valence-electron chi connectivity index (χ3n) is 3.92. The fraction of sp³-hybridized carbons (Fsp3) is 0.211. The van der Waals surface area contributed by atoms with Gasteiger partial charge in [-0.05, 0) is 37.3 Å². The number of hydrogen-bond donors (Lipinski definition) is 1. The summed E-state index contributed by atoms with van der Waals surface area (Å²) in [5, 5.41) is 18.7. The minimum Gasteiger partial charge on any atom is -0.497 e. The first-order chi connectivity index (χ1) is 12.6. The Morgan fingerprint density at radius 2 is 1.81 bits per heavy atom. The van der Waals surface area contributed by atoms with Crippen molar-refractivity contribution in [2.45, 2.75) is 13.5 Å². The number of azo groups is 1. The van der Waals surface area contributed by atoms with Gasteiger partial charge in [0.1, 0.15) is 11.5 Å². The molecule has 1 N–H and O–H groups in total. The number of aryl methyl sites for hydroxylation is 1. The second-order valence-electron chi connectivity index (χ2n) is 5.49. The van der Waals surface area contributed by atoms with E-state index in [1.807, 2.05) is 31.2 Å². The molecule has 1 amide bonds. The molecule has 2 aromatic carbocycles. The van der Waals surface area contributed by atoms with Crippen molar-refractivity contribution in [3.63, 3.8) is 0 Å². The van der Waals surface area contributed by atoms with Gasteiger partial charge in [0, 0.05) is 11.9 Å². The monoisotopic (exact) mass is 353 g/mol. The van der Waals surface area contributed by atoms with Crippen LogP contribution in [0.4, 0.5) is 5.69 Å². The van der Waals surface area contributed by atoms with E-state index in [1.54, 1.807) is 35.9 Å². The molecule has 3 aromatic rings. The van der Waals surface area contributed by atoms with Crippen molar-refractivity contribution >= 4 is 22.5 Å². The van der Waals surface area contributed by atoms with Crippen LogP contribution in [0.15, 0.2) is 58.8 Å². The first-order valence-electron chi connectivity index (χ1n) is 8.15. The van der Waals surface area contributed by atoms with Gasteiger partial charge in [-0.25, -0.2) is 0 Å². The van der Waals surface area contributed by atoms with Gasteiger partial charge in [0.05, 0.1) is 12.6 Å². The lowest BCUT2D eigenvalue weighted by atomic mass is 10.2.